The number of ether oxygens (including phenoxy) is 1. The van der Waals surface area contributed by atoms with E-state index in [0.717, 1.165) is 11.3 Å². The molecule has 0 saturated carbocycles. The van der Waals surface area contributed by atoms with Gasteiger partial charge < -0.3 is 10.5 Å². The summed E-state index contributed by atoms with van der Waals surface area (Å²) in [5.41, 5.74) is 6.78. The normalized spacial score (nSPS) is 12.2. The maximum Gasteiger partial charge on any atom is 0.136 e. The highest BCUT2D eigenvalue weighted by atomic mass is 35.5. The van der Waals surface area contributed by atoms with E-state index in [-0.39, 0.29) is 6.10 Å². The molecule has 0 aliphatic heterocycles. The van der Waals surface area contributed by atoms with Crippen LogP contribution in [0.1, 0.15) is 11.7 Å². The van der Waals surface area contributed by atoms with Crippen LogP contribution in [-0.2, 0) is 0 Å². The second-order valence-corrected chi connectivity index (χ2v) is 5.39. The molecule has 2 N–H and O–H groups in total. The standard InChI is InChI=1S/C15H16ClNOS/c1-19-14-7-5-13(6-8-14)18-15(10-17)11-3-2-4-12(16)9-11/h2-9,15H,10,17H2,1H3. The molecule has 4 heteroatoms. The Hall–Kier alpha value is -1.16. The van der Waals surface area contributed by atoms with Crippen LogP contribution in [0.2, 0.25) is 5.02 Å². The summed E-state index contributed by atoms with van der Waals surface area (Å²) in [6, 6.07) is 15.6. The molecule has 0 aliphatic carbocycles. The van der Waals surface area contributed by atoms with Gasteiger partial charge in [0, 0.05) is 16.5 Å². The van der Waals surface area contributed by atoms with Crippen molar-refractivity contribution in [3.8, 4) is 5.75 Å². The largest absolute Gasteiger partial charge is 0.484 e. The van der Waals surface area contributed by atoms with Gasteiger partial charge >= 0.3 is 0 Å². The van der Waals surface area contributed by atoms with Crippen molar-refractivity contribution in [3.63, 3.8) is 0 Å². The van der Waals surface area contributed by atoms with Gasteiger partial charge in [-0.15, -0.1) is 11.8 Å². The predicted molar refractivity (Wildman–Crippen MR) is 82.1 cm³/mol. The van der Waals surface area contributed by atoms with Gasteiger partial charge in [-0.3, -0.25) is 0 Å². The van der Waals surface area contributed by atoms with Gasteiger partial charge in [0.2, 0.25) is 0 Å². The molecular weight excluding hydrogens is 278 g/mol. The minimum absolute atomic E-state index is 0.182. The summed E-state index contributed by atoms with van der Waals surface area (Å²) in [6.07, 6.45) is 1.86. The van der Waals surface area contributed by atoms with Gasteiger partial charge in [0.25, 0.3) is 0 Å². The number of nitrogens with two attached hydrogens (primary N) is 1. The van der Waals surface area contributed by atoms with E-state index in [0.29, 0.717) is 11.6 Å². The molecule has 0 aromatic heterocycles. The number of hydrogen-bond donors (Lipinski definition) is 1. The van der Waals surface area contributed by atoms with E-state index in [9.17, 15) is 0 Å². The molecule has 0 radical (unpaired) electrons. The molecule has 0 bridgehead atoms. The average Bonchev–Trinajstić information content (AvgIpc) is 2.45. The summed E-state index contributed by atoms with van der Waals surface area (Å²) >= 11 is 7.69. The van der Waals surface area contributed by atoms with E-state index in [1.54, 1.807) is 11.8 Å². The van der Waals surface area contributed by atoms with Gasteiger partial charge in [-0.1, -0.05) is 23.7 Å². The lowest BCUT2D eigenvalue weighted by molar-refractivity contribution is 0.214. The number of thioether (sulfide) groups is 1. The summed E-state index contributed by atoms with van der Waals surface area (Å²) < 4.78 is 5.91. The minimum Gasteiger partial charge on any atom is -0.484 e. The lowest BCUT2D eigenvalue weighted by Gasteiger charge is -2.18. The van der Waals surface area contributed by atoms with E-state index in [4.69, 9.17) is 22.1 Å². The highest BCUT2D eigenvalue weighted by Crippen LogP contribution is 2.25. The quantitative estimate of drug-likeness (QED) is 0.842. The number of rotatable bonds is 5. The first-order valence-corrected chi connectivity index (χ1v) is 7.59. The molecule has 2 aromatic carbocycles. The molecule has 0 fully saturated rings. The molecular formula is C15H16ClNOS. The summed E-state index contributed by atoms with van der Waals surface area (Å²) in [5, 5.41) is 0.692. The van der Waals surface area contributed by atoms with Crippen molar-refractivity contribution >= 4 is 23.4 Å². The third kappa shape index (κ3) is 3.90. The van der Waals surface area contributed by atoms with Crippen molar-refractivity contribution in [2.75, 3.05) is 12.8 Å². The Morgan fingerprint density at radius 2 is 1.95 bits per heavy atom. The van der Waals surface area contributed by atoms with Crippen molar-refractivity contribution in [1.29, 1.82) is 0 Å². The molecule has 19 heavy (non-hydrogen) atoms. The average molecular weight is 294 g/mol. The molecule has 0 amide bonds. The Labute approximate surface area is 122 Å². The molecule has 100 valence electrons. The molecule has 2 rings (SSSR count). The first-order valence-electron chi connectivity index (χ1n) is 5.99. The van der Waals surface area contributed by atoms with Crippen LogP contribution in [0.4, 0.5) is 0 Å². The Morgan fingerprint density at radius 1 is 1.21 bits per heavy atom. The van der Waals surface area contributed by atoms with Crippen molar-refractivity contribution in [2.45, 2.75) is 11.0 Å². The Morgan fingerprint density at radius 3 is 2.53 bits per heavy atom. The molecule has 2 aromatic rings. The number of hydrogen-bond acceptors (Lipinski definition) is 3. The fraction of sp³-hybridized carbons (Fsp3) is 0.200. The Kier molecular flexibility index (Phi) is 5.14. The first kappa shape index (κ1) is 14.3. The van der Waals surface area contributed by atoms with Crippen LogP contribution in [0.5, 0.6) is 5.75 Å². The Balaban J connectivity index is 2.14. The van der Waals surface area contributed by atoms with E-state index in [1.807, 2.05) is 54.8 Å². The highest BCUT2D eigenvalue weighted by molar-refractivity contribution is 7.98. The van der Waals surface area contributed by atoms with Crippen LogP contribution in [0.3, 0.4) is 0 Å². The number of halogens is 1. The molecule has 2 nitrogen and oxygen atoms in total. The summed E-state index contributed by atoms with van der Waals surface area (Å²) in [4.78, 5) is 1.21. The fourth-order valence-corrected chi connectivity index (χ4v) is 2.38. The van der Waals surface area contributed by atoms with E-state index >= 15 is 0 Å². The van der Waals surface area contributed by atoms with E-state index < -0.39 is 0 Å². The van der Waals surface area contributed by atoms with Crippen molar-refractivity contribution in [2.24, 2.45) is 5.73 Å². The monoisotopic (exact) mass is 293 g/mol. The molecule has 0 heterocycles. The number of benzene rings is 2. The lowest BCUT2D eigenvalue weighted by Crippen LogP contribution is -2.18. The lowest BCUT2D eigenvalue weighted by atomic mass is 10.1. The van der Waals surface area contributed by atoms with Crippen molar-refractivity contribution in [3.05, 3.63) is 59.1 Å². The third-order valence-electron chi connectivity index (χ3n) is 2.77. The highest BCUT2D eigenvalue weighted by Gasteiger charge is 2.11. The topological polar surface area (TPSA) is 35.2 Å². The second kappa shape index (κ2) is 6.85. The molecule has 0 aliphatic rings. The second-order valence-electron chi connectivity index (χ2n) is 4.07. The van der Waals surface area contributed by atoms with Crippen LogP contribution in [0.25, 0.3) is 0 Å². The molecule has 1 unspecified atom stereocenters. The van der Waals surface area contributed by atoms with Gasteiger partial charge in [-0.25, -0.2) is 0 Å². The minimum atomic E-state index is -0.182. The maximum atomic E-state index is 5.99. The zero-order valence-corrected chi connectivity index (χ0v) is 12.2. The van der Waals surface area contributed by atoms with E-state index in [2.05, 4.69) is 0 Å². The third-order valence-corrected chi connectivity index (χ3v) is 3.75. The SMILES string of the molecule is CSc1ccc(OC(CN)c2cccc(Cl)c2)cc1. The maximum absolute atomic E-state index is 5.99. The zero-order valence-electron chi connectivity index (χ0n) is 10.7. The van der Waals surface area contributed by atoms with Crippen LogP contribution >= 0.6 is 23.4 Å². The van der Waals surface area contributed by atoms with Gasteiger partial charge in [0.05, 0.1) is 0 Å². The van der Waals surface area contributed by atoms with Gasteiger partial charge in [0.15, 0.2) is 0 Å². The summed E-state index contributed by atoms with van der Waals surface area (Å²) in [7, 11) is 0. The Bertz CT molecular complexity index is 530. The molecule has 0 spiro atoms. The smallest absolute Gasteiger partial charge is 0.136 e. The van der Waals surface area contributed by atoms with Gasteiger partial charge in [-0.2, -0.15) is 0 Å². The van der Waals surface area contributed by atoms with Crippen molar-refractivity contribution < 1.29 is 4.74 Å². The van der Waals surface area contributed by atoms with Crippen LogP contribution < -0.4 is 10.5 Å². The van der Waals surface area contributed by atoms with Crippen LogP contribution in [-0.4, -0.2) is 12.8 Å². The van der Waals surface area contributed by atoms with Gasteiger partial charge in [0.1, 0.15) is 11.9 Å². The van der Waals surface area contributed by atoms with Crippen molar-refractivity contribution in [1.82, 2.24) is 0 Å². The van der Waals surface area contributed by atoms with Crippen LogP contribution in [0, 0.1) is 0 Å². The van der Waals surface area contributed by atoms with Crippen LogP contribution in [0.15, 0.2) is 53.4 Å². The van der Waals surface area contributed by atoms with E-state index in [1.165, 1.54) is 4.90 Å². The molecule has 0 saturated heterocycles. The zero-order chi connectivity index (χ0) is 13.7. The predicted octanol–water partition coefficient (Wildman–Crippen LogP) is 4.14. The van der Waals surface area contributed by atoms with Gasteiger partial charge in [-0.05, 0) is 48.2 Å². The summed E-state index contributed by atoms with van der Waals surface area (Å²) in [6.45, 7) is 0.407. The first-order chi connectivity index (χ1) is 9.22. The fourth-order valence-electron chi connectivity index (χ4n) is 1.78. The molecule has 1 atom stereocenters. The summed E-state index contributed by atoms with van der Waals surface area (Å²) in [5.74, 6) is 0.813.